The van der Waals surface area contributed by atoms with Crippen LogP contribution in [0.25, 0.3) is 0 Å². The molecule has 0 unspecified atom stereocenters. The molecule has 0 saturated heterocycles. The number of benzene rings is 2. The van der Waals surface area contributed by atoms with Crippen LogP contribution in [0.1, 0.15) is 11.1 Å². The summed E-state index contributed by atoms with van der Waals surface area (Å²) in [5.41, 5.74) is 3.02. The first-order valence-corrected chi connectivity index (χ1v) is 6.68. The topological polar surface area (TPSA) is 12.0 Å². The van der Waals surface area contributed by atoms with Crippen LogP contribution < -0.4 is 5.32 Å². The molecule has 0 aliphatic carbocycles. The van der Waals surface area contributed by atoms with Gasteiger partial charge in [-0.1, -0.05) is 39.7 Å². The Morgan fingerprint density at radius 2 is 2.06 bits per heavy atom. The first-order valence-electron chi connectivity index (χ1n) is 5.51. The van der Waals surface area contributed by atoms with Gasteiger partial charge in [0, 0.05) is 16.7 Å². The minimum absolute atomic E-state index is 0.150. The van der Waals surface area contributed by atoms with Crippen LogP contribution in [0.2, 0.25) is 5.02 Å². The second-order valence-corrected chi connectivity index (χ2v) is 5.28. The fourth-order valence-electron chi connectivity index (χ4n) is 1.65. The van der Waals surface area contributed by atoms with Crippen molar-refractivity contribution < 1.29 is 4.39 Å². The van der Waals surface area contributed by atoms with Gasteiger partial charge in [-0.2, -0.15) is 0 Å². The molecule has 94 valence electrons. The lowest BCUT2D eigenvalue weighted by Crippen LogP contribution is -2.01. The molecule has 0 heterocycles. The standard InChI is InChI=1S/C14H12BrClFN/c1-9-11(15)3-2-4-14(9)18-8-10-5-6-12(16)13(17)7-10/h2-7,18H,8H2,1H3. The predicted octanol–water partition coefficient (Wildman–Crippen LogP) is 5.16. The second kappa shape index (κ2) is 5.72. The van der Waals surface area contributed by atoms with Gasteiger partial charge in [0.05, 0.1) is 5.02 Å². The van der Waals surface area contributed by atoms with E-state index >= 15 is 0 Å². The molecule has 1 N–H and O–H groups in total. The van der Waals surface area contributed by atoms with Crippen LogP contribution in [0, 0.1) is 12.7 Å². The zero-order valence-electron chi connectivity index (χ0n) is 9.81. The Morgan fingerprint density at radius 1 is 1.28 bits per heavy atom. The van der Waals surface area contributed by atoms with Crippen molar-refractivity contribution in [3.63, 3.8) is 0 Å². The van der Waals surface area contributed by atoms with Crippen molar-refractivity contribution in [3.05, 3.63) is 62.8 Å². The molecule has 1 nitrogen and oxygen atoms in total. The van der Waals surface area contributed by atoms with E-state index in [1.807, 2.05) is 31.2 Å². The van der Waals surface area contributed by atoms with Crippen molar-refractivity contribution in [2.24, 2.45) is 0 Å². The summed E-state index contributed by atoms with van der Waals surface area (Å²) in [6.07, 6.45) is 0. The van der Waals surface area contributed by atoms with E-state index in [4.69, 9.17) is 11.6 Å². The van der Waals surface area contributed by atoms with E-state index < -0.39 is 0 Å². The Hall–Kier alpha value is -1.06. The Morgan fingerprint density at radius 3 is 2.78 bits per heavy atom. The highest BCUT2D eigenvalue weighted by atomic mass is 79.9. The lowest BCUT2D eigenvalue weighted by atomic mass is 10.1. The number of rotatable bonds is 3. The molecule has 0 aliphatic heterocycles. The van der Waals surface area contributed by atoms with E-state index in [1.165, 1.54) is 6.07 Å². The van der Waals surface area contributed by atoms with Crippen molar-refractivity contribution >= 4 is 33.2 Å². The molecule has 0 bridgehead atoms. The molecule has 18 heavy (non-hydrogen) atoms. The van der Waals surface area contributed by atoms with Crippen LogP contribution in [0.5, 0.6) is 0 Å². The molecule has 2 aromatic rings. The van der Waals surface area contributed by atoms with Gasteiger partial charge in [0.1, 0.15) is 5.82 Å². The summed E-state index contributed by atoms with van der Waals surface area (Å²) < 4.78 is 14.3. The fourth-order valence-corrected chi connectivity index (χ4v) is 2.13. The first kappa shape index (κ1) is 13.4. The Kier molecular flexibility index (Phi) is 4.25. The van der Waals surface area contributed by atoms with Crippen molar-refractivity contribution in [1.29, 1.82) is 0 Å². The van der Waals surface area contributed by atoms with Gasteiger partial charge in [0.2, 0.25) is 0 Å². The summed E-state index contributed by atoms with van der Waals surface area (Å²) in [5.74, 6) is -0.387. The number of halogens is 3. The molecule has 0 amide bonds. The first-order chi connectivity index (χ1) is 8.58. The minimum atomic E-state index is -0.387. The van der Waals surface area contributed by atoms with Crippen molar-refractivity contribution in [2.75, 3.05) is 5.32 Å². The fraction of sp³-hybridized carbons (Fsp3) is 0.143. The maximum Gasteiger partial charge on any atom is 0.142 e. The van der Waals surface area contributed by atoms with E-state index in [0.29, 0.717) is 6.54 Å². The summed E-state index contributed by atoms with van der Waals surface area (Å²) in [7, 11) is 0. The van der Waals surface area contributed by atoms with Gasteiger partial charge in [-0.3, -0.25) is 0 Å². The number of hydrogen-bond acceptors (Lipinski definition) is 1. The van der Waals surface area contributed by atoms with Crippen LogP contribution in [0.4, 0.5) is 10.1 Å². The Balaban J connectivity index is 2.11. The van der Waals surface area contributed by atoms with E-state index in [2.05, 4.69) is 21.2 Å². The number of nitrogens with one attached hydrogen (secondary N) is 1. The van der Waals surface area contributed by atoms with Crippen LogP contribution in [-0.2, 0) is 6.54 Å². The summed E-state index contributed by atoms with van der Waals surface area (Å²) in [6.45, 7) is 2.58. The Labute approximate surface area is 119 Å². The summed E-state index contributed by atoms with van der Waals surface area (Å²) >= 11 is 9.12. The van der Waals surface area contributed by atoms with E-state index in [1.54, 1.807) is 6.07 Å². The predicted molar refractivity (Wildman–Crippen MR) is 77.6 cm³/mol. The highest BCUT2D eigenvalue weighted by Gasteiger charge is 2.03. The molecule has 0 atom stereocenters. The van der Waals surface area contributed by atoms with Gasteiger partial charge < -0.3 is 5.32 Å². The molecule has 0 spiro atoms. The monoisotopic (exact) mass is 327 g/mol. The molecular weight excluding hydrogens is 317 g/mol. The minimum Gasteiger partial charge on any atom is -0.381 e. The van der Waals surface area contributed by atoms with Crippen LogP contribution in [0.15, 0.2) is 40.9 Å². The van der Waals surface area contributed by atoms with E-state index in [-0.39, 0.29) is 10.8 Å². The Bertz CT molecular complexity index is 572. The third-order valence-electron chi connectivity index (χ3n) is 2.73. The maximum atomic E-state index is 13.3. The molecule has 2 aromatic carbocycles. The third kappa shape index (κ3) is 3.03. The van der Waals surface area contributed by atoms with Crippen LogP contribution >= 0.6 is 27.5 Å². The maximum absolute atomic E-state index is 13.3. The van der Waals surface area contributed by atoms with Gasteiger partial charge in [0.15, 0.2) is 0 Å². The van der Waals surface area contributed by atoms with Gasteiger partial charge in [-0.15, -0.1) is 0 Å². The molecule has 0 fully saturated rings. The smallest absolute Gasteiger partial charge is 0.142 e. The average Bonchev–Trinajstić information content (AvgIpc) is 2.35. The summed E-state index contributed by atoms with van der Waals surface area (Å²) in [4.78, 5) is 0. The molecular formula is C14H12BrClFN. The zero-order valence-corrected chi connectivity index (χ0v) is 12.1. The largest absolute Gasteiger partial charge is 0.381 e. The quantitative estimate of drug-likeness (QED) is 0.820. The highest BCUT2D eigenvalue weighted by molar-refractivity contribution is 9.10. The average molecular weight is 329 g/mol. The SMILES string of the molecule is Cc1c(Br)cccc1NCc1ccc(Cl)c(F)c1. The molecule has 0 radical (unpaired) electrons. The summed E-state index contributed by atoms with van der Waals surface area (Å²) in [5, 5.41) is 3.43. The van der Waals surface area contributed by atoms with Crippen molar-refractivity contribution in [2.45, 2.75) is 13.5 Å². The summed E-state index contributed by atoms with van der Waals surface area (Å²) in [6, 6.07) is 10.8. The van der Waals surface area contributed by atoms with Crippen molar-refractivity contribution in [3.8, 4) is 0 Å². The third-order valence-corrected chi connectivity index (χ3v) is 3.90. The molecule has 2 rings (SSSR count). The van der Waals surface area contributed by atoms with Gasteiger partial charge >= 0.3 is 0 Å². The van der Waals surface area contributed by atoms with Gasteiger partial charge in [-0.05, 0) is 42.3 Å². The second-order valence-electron chi connectivity index (χ2n) is 4.01. The van der Waals surface area contributed by atoms with Crippen LogP contribution in [0.3, 0.4) is 0 Å². The molecule has 0 saturated carbocycles. The normalized spacial score (nSPS) is 10.4. The van der Waals surface area contributed by atoms with Gasteiger partial charge in [0.25, 0.3) is 0 Å². The lowest BCUT2D eigenvalue weighted by Gasteiger charge is -2.11. The molecule has 4 heteroatoms. The lowest BCUT2D eigenvalue weighted by molar-refractivity contribution is 0.626. The molecule has 0 aromatic heterocycles. The van der Waals surface area contributed by atoms with Gasteiger partial charge in [-0.25, -0.2) is 4.39 Å². The highest BCUT2D eigenvalue weighted by Crippen LogP contribution is 2.24. The van der Waals surface area contributed by atoms with Crippen LogP contribution in [-0.4, -0.2) is 0 Å². The number of hydrogen-bond donors (Lipinski definition) is 1. The van der Waals surface area contributed by atoms with E-state index in [9.17, 15) is 4.39 Å². The van der Waals surface area contributed by atoms with E-state index in [0.717, 1.165) is 21.3 Å². The zero-order chi connectivity index (χ0) is 13.1. The van der Waals surface area contributed by atoms with Crippen molar-refractivity contribution in [1.82, 2.24) is 0 Å². The molecule has 0 aliphatic rings. The number of anilines is 1.